The van der Waals surface area contributed by atoms with Gasteiger partial charge in [0, 0.05) is 25.3 Å². The number of nitrogens with one attached hydrogen (secondary N) is 1. The SMILES string of the molecule is COCc1cccc(CNC(=O)C2CC3CCCCC3N2C(=O)c2ccccc2)c1. The quantitative estimate of drug-likeness (QED) is 0.791. The average Bonchev–Trinajstić information content (AvgIpc) is 3.18. The van der Waals surface area contributed by atoms with Crippen molar-refractivity contribution in [2.24, 2.45) is 5.92 Å². The molecular weight excluding hydrogens is 376 g/mol. The zero-order valence-electron chi connectivity index (χ0n) is 17.5. The Kier molecular flexibility index (Phi) is 6.48. The van der Waals surface area contributed by atoms with Crippen molar-refractivity contribution in [1.82, 2.24) is 10.2 Å². The van der Waals surface area contributed by atoms with Gasteiger partial charge in [-0.05, 0) is 48.4 Å². The summed E-state index contributed by atoms with van der Waals surface area (Å²) in [6.07, 6.45) is 5.17. The van der Waals surface area contributed by atoms with Gasteiger partial charge in [-0.25, -0.2) is 0 Å². The molecule has 0 aromatic heterocycles. The molecule has 30 heavy (non-hydrogen) atoms. The van der Waals surface area contributed by atoms with Crippen molar-refractivity contribution in [1.29, 1.82) is 0 Å². The Labute approximate surface area is 178 Å². The number of ether oxygens (including phenoxy) is 1. The lowest BCUT2D eigenvalue weighted by atomic mass is 9.84. The lowest BCUT2D eigenvalue weighted by Crippen LogP contribution is -2.49. The number of methoxy groups -OCH3 is 1. The van der Waals surface area contributed by atoms with Crippen LogP contribution < -0.4 is 5.32 Å². The van der Waals surface area contributed by atoms with Crippen LogP contribution in [-0.4, -0.2) is 35.9 Å². The molecule has 1 saturated carbocycles. The summed E-state index contributed by atoms with van der Waals surface area (Å²) in [4.78, 5) is 28.4. The Bertz CT molecular complexity index is 883. The van der Waals surface area contributed by atoms with Gasteiger partial charge in [0.15, 0.2) is 0 Å². The number of rotatable bonds is 6. The Balaban J connectivity index is 1.49. The summed E-state index contributed by atoms with van der Waals surface area (Å²) < 4.78 is 5.19. The molecule has 1 N–H and O–H groups in total. The van der Waals surface area contributed by atoms with E-state index in [-0.39, 0.29) is 17.9 Å². The van der Waals surface area contributed by atoms with E-state index in [4.69, 9.17) is 4.74 Å². The van der Waals surface area contributed by atoms with Gasteiger partial charge in [0.05, 0.1) is 6.61 Å². The van der Waals surface area contributed by atoms with E-state index in [0.29, 0.717) is 24.6 Å². The van der Waals surface area contributed by atoms with Crippen molar-refractivity contribution in [3.05, 3.63) is 71.3 Å². The molecule has 0 radical (unpaired) electrons. The molecule has 5 heteroatoms. The molecule has 0 spiro atoms. The molecule has 1 heterocycles. The van der Waals surface area contributed by atoms with Crippen LogP contribution in [0, 0.1) is 5.92 Å². The summed E-state index contributed by atoms with van der Waals surface area (Å²) in [6.45, 7) is 1.00. The highest BCUT2D eigenvalue weighted by molar-refractivity contribution is 5.98. The van der Waals surface area contributed by atoms with Crippen molar-refractivity contribution in [3.63, 3.8) is 0 Å². The van der Waals surface area contributed by atoms with Gasteiger partial charge in [-0.3, -0.25) is 9.59 Å². The molecule has 158 valence electrons. The number of hydrogen-bond donors (Lipinski definition) is 1. The van der Waals surface area contributed by atoms with Crippen molar-refractivity contribution in [3.8, 4) is 0 Å². The number of fused-ring (bicyclic) bond motifs is 1. The molecule has 3 atom stereocenters. The van der Waals surface area contributed by atoms with Crippen LogP contribution in [0.25, 0.3) is 0 Å². The highest BCUT2D eigenvalue weighted by Gasteiger charge is 2.47. The molecule has 4 rings (SSSR count). The maximum atomic E-state index is 13.3. The lowest BCUT2D eigenvalue weighted by Gasteiger charge is -2.33. The van der Waals surface area contributed by atoms with E-state index in [1.807, 2.05) is 59.5 Å². The third kappa shape index (κ3) is 4.41. The van der Waals surface area contributed by atoms with E-state index in [1.54, 1.807) is 7.11 Å². The molecule has 1 aliphatic carbocycles. The summed E-state index contributed by atoms with van der Waals surface area (Å²) in [6, 6.07) is 17.2. The molecule has 2 amide bonds. The van der Waals surface area contributed by atoms with Crippen molar-refractivity contribution < 1.29 is 14.3 Å². The first-order chi connectivity index (χ1) is 14.7. The zero-order valence-corrected chi connectivity index (χ0v) is 17.5. The molecule has 1 aliphatic heterocycles. The Morgan fingerprint density at radius 3 is 2.60 bits per heavy atom. The van der Waals surface area contributed by atoms with E-state index in [0.717, 1.165) is 36.8 Å². The summed E-state index contributed by atoms with van der Waals surface area (Å²) >= 11 is 0. The largest absolute Gasteiger partial charge is 0.380 e. The molecule has 5 nitrogen and oxygen atoms in total. The average molecular weight is 407 g/mol. The first-order valence-corrected chi connectivity index (χ1v) is 10.9. The van der Waals surface area contributed by atoms with Crippen LogP contribution in [0.4, 0.5) is 0 Å². The lowest BCUT2D eigenvalue weighted by molar-refractivity contribution is -0.125. The number of amides is 2. The van der Waals surface area contributed by atoms with Crippen LogP contribution in [0.15, 0.2) is 54.6 Å². The molecule has 1 saturated heterocycles. The smallest absolute Gasteiger partial charge is 0.254 e. The standard InChI is InChI=1S/C25H30N2O3/c1-30-17-19-9-7-8-18(14-19)16-26-24(28)23-15-21-12-5-6-13-22(21)27(23)25(29)20-10-3-2-4-11-20/h2-4,7-11,14,21-23H,5-6,12-13,15-17H2,1H3,(H,26,28). The predicted molar refractivity (Wildman–Crippen MR) is 116 cm³/mol. The summed E-state index contributed by atoms with van der Waals surface area (Å²) in [5, 5.41) is 3.08. The molecule has 0 bridgehead atoms. The van der Waals surface area contributed by atoms with Gasteiger partial charge in [0.1, 0.15) is 6.04 Å². The van der Waals surface area contributed by atoms with E-state index in [9.17, 15) is 9.59 Å². The third-order valence-electron chi connectivity index (χ3n) is 6.42. The van der Waals surface area contributed by atoms with Crippen molar-refractivity contribution >= 4 is 11.8 Å². The highest BCUT2D eigenvalue weighted by atomic mass is 16.5. The zero-order chi connectivity index (χ0) is 20.9. The van der Waals surface area contributed by atoms with E-state index < -0.39 is 6.04 Å². The fraction of sp³-hybridized carbons (Fsp3) is 0.440. The molecule has 2 aromatic carbocycles. The maximum absolute atomic E-state index is 13.3. The summed E-state index contributed by atoms with van der Waals surface area (Å²) in [5.41, 5.74) is 2.78. The number of carbonyl (C=O) groups is 2. The van der Waals surface area contributed by atoms with E-state index >= 15 is 0 Å². The van der Waals surface area contributed by atoms with Gasteiger partial charge in [-0.1, -0.05) is 55.3 Å². The van der Waals surface area contributed by atoms with Gasteiger partial charge in [-0.15, -0.1) is 0 Å². The summed E-state index contributed by atoms with van der Waals surface area (Å²) in [5.74, 6) is 0.352. The fourth-order valence-corrected chi connectivity index (χ4v) is 5.02. The maximum Gasteiger partial charge on any atom is 0.254 e. The topological polar surface area (TPSA) is 58.6 Å². The van der Waals surface area contributed by atoms with Crippen molar-refractivity contribution in [2.45, 2.75) is 57.3 Å². The van der Waals surface area contributed by atoms with Crippen LogP contribution in [0.3, 0.4) is 0 Å². The first kappa shape index (κ1) is 20.6. The third-order valence-corrected chi connectivity index (χ3v) is 6.42. The van der Waals surface area contributed by atoms with Gasteiger partial charge in [0.25, 0.3) is 5.91 Å². The second kappa shape index (κ2) is 9.43. The van der Waals surface area contributed by atoms with E-state index in [2.05, 4.69) is 5.32 Å². The monoisotopic (exact) mass is 406 g/mol. The van der Waals surface area contributed by atoms with Crippen molar-refractivity contribution in [2.75, 3.05) is 7.11 Å². The van der Waals surface area contributed by atoms with Crippen LogP contribution in [0.1, 0.15) is 53.6 Å². The Hall–Kier alpha value is -2.66. The van der Waals surface area contributed by atoms with Gasteiger partial charge in [-0.2, -0.15) is 0 Å². The number of carbonyl (C=O) groups excluding carboxylic acids is 2. The minimum absolute atomic E-state index is 0.0211. The normalized spacial score (nSPS) is 23.1. The van der Waals surface area contributed by atoms with E-state index in [1.165, 1.54) is 6.42 Å². The second-order valence-corrected chi connectivity index (χ2v) is 8.41. The number of likely N-dealkylation sites (tertiary alicyclic amines) is 1. The number of benzene rings is 2. The minimum atomic E-state index is -0.395. The Morgan fingerprint density at radius 2 is 1.80 bits per heavy atom. The molecule has 2 aliphatic rings. The van der Waals surface area contributed by atoms with Gasteiger partial charge in [0.2, 0.25) is 5.91 Å². The molecule has 2 aromatic rings. The first-order valence-electron chi connectivity index (χ1n) is 10.9. The number of nitrogens with zero attached hydrogens (tertiary/aromatic N) is 1. The summed E-state index contributed by atoms with van der Waals surface area (Å²) in [7, 11) is 1.67. The Morgan fingerprint density at radius 1 is 1.03 bits per heavy atom. The fourth-order valence-electron chi connectivity index (χ4n) is 5.02. The van der Waals surface area contributed by atoms with Gasteiger partial charge < -0.3 is 15.0 Å². The number of hydrogen-bond acceptors (Lipinski definition) is 3. The molecular formula is C25H30N2O3. The molecule has 2 fully saturated rings. The van der Waals surface area contributed by atoms with Crippen LogP contribution in [0.5, 0.6) is 0 Å². The molecule has 3 unspecified atom stereocenters. The predicted octanol–water partition coefficient (Wildman–Crippen LogP) is 3.92. The van der Waals surface area contributed by atoms with Crippen LogP contribution in [-0.2, 0) is 22.7 Å². The van der Waals surface area contributed by atoms with Crippen LogP contribution in [0.2, 0.25) is 0 Å². The highest BCUT2D eigenvalue weighted by Crippen LogP contribution is 2.40. The second-order valence-electron chi connectivity index (χ2n) is 8.41. The minimum Gasteiger partial charge on any atom is -0.380 e. The van der Waals surface area contributed by atoms with Gasteiger partial charge >= 0.3 is 0 Å². The van der Waals surface area contributed by atoms with Crippen LogP contribution >= 0.6 is 0 Å².